The molecule has 1 fully saturated rings. The van der Waals surface area contributed by atoms with Crippen molar-refractivity contribution in [3.05, 3.63) is 60.0 Å². The number of aromatic nitrogens is 5. The van der Waals surface area contributed by atoms with Crippen molar-refractivity contribution in [2.45, 2.75) is 33.2 Å². The fourth-order valence-electron chi connectivity index (χ4n) is 3.47. The molecule has 2 amide bonds. The minimum absolute atomic E-state index is 0.0170. The van der Waals surface area contributed by atoms with Crippen molar-refractivity contribution in [3.63, 3.8) is 0 Å². The highest BCUT2D eigenvalue weighted by Crippen LogP contribution is 2.30. The van der Waals surface area contributed by atoms with Gasteiger partial charge in [-0.15, -0.1) is 5.10 Å². The summed E-state index contributed by atoms with van der Waals surface area (Å²) in [7, 11) is 0. The maximum absolute atomic E-state index is 12.5. The number of anilines is 2. The van der Waals surface area contributed by atoms with Crippen LogP contribution in [0.1, 0.15) is 35.9 Å². The Morgan fingerprint density at radius 1 is 1.06 bits per heavy atom. The summed E-state index contributed by atoms with van der Waals surface area (Å²) in [5.74, 6) is 0.983. The first-order valence-electron chi connectivity index (χ1n) is 11.1. The van der Waals surface area contributed by atoms with Gasteiger partial charge in [-0.25, -0.2) is 9.50 Å². The maximum Gasteiger partial charge on any atom is 0.276 e. The van der Waals surface area contributed by atoms with Crippen molar-refractivity contribution < 1.29 is 19.1 Å². The average molecular weight is 473 g/mol. The van der Waals surface area contributed by atoms with Gasteiger partial charge in [0, 0.05) is 23.4 Å². The predicted molar refractivity (Wildman–Crippen MR) is 126 cm³/mol. The lowest BCUT2D eigenvalue weighted by Crippen LogP contribution is -2.14. The second-order valence-electron chi connectivity index (χ2n) is 8.48. The highest BCUT2D eigenvalue weighted by atomic mass is 16.5. The molecule has 0 atom stereocenters. The quantitative estimate of drug-likeness (QED) is 0.401. The standard InChI is InChI=1S/C24H23N7O4/c1-14-11-19(28-30(14)12-15(2)32)24(34)25-17-5-7-18(8-6-17)35-22-10-9-21-26-20(13-31(21)29-22)27-23(33)16-3-4-16/h5-11,13,16H,3-4,12H2,1-2H3,(H,25,34)(H,27,33). The van der Waals surface area contributed by atoms with Gasteiger partial charge in [0.05, 0.1) is 12.7 Å². The number of imidazole rings is 1. The lowest BCUT2D eigenvalue weighted by molar-refractivity contribution is -0.118. The number of Topliss-reactive ketones (excluding diaryl/α,β-unsaturated/α-hetero) is 1. The topological polar surface area (TPSA) is 133 Å². The predicted octanol–water partition coefficient (Wildman–Crippen LogP) is 3.22. The van der Waals surface area contributed by atoms with Crippen LogP contribution in [0, 0.1) is 12.8 Å². The molecule has 0 unspecified atom stereocenters. The zero-order chi connectivity index (χ0) is 24.5. The molecule has 3 aromatic heterocycles. The Morgan fingerprint density at radius 2 is 1.83 bits per heavy atom. The highest BCUT2D eigenvalue weighted by molar-refractivity contribution is 6.03. The van der Waals surface area contributed by atoms with E-state index in [0.29, 0.717) is 28.8 Å². The number of hydrogen-bond donors (Lipinski definition) is 2. The summed E-state index contributed by atoms with van der Waals surface area (Å²) >= 11 is 0. The molecular formula is C24H23N7O4. The number of nitrogens with one attached hydrogen (secondary N) is 2. The van der Waals surface area contributed by atoms with E-state index < -0.39 is 0 Å². The molecule has 178 valence electrons. The first-order chi connectivity index (χ1) is 16.8. The van der Waals surface area contributed by atoms with Gasteiger partial charge in [0.25, 0.3) is 5.91 Å². The number of amides is 2. The Bertz CT molecular complexity index is 1430. The van der Waals surface area contributed by atoms with Gasteiger partial charge >= 0.3 is 0 Å². The van der Waals surface area contributed by atoms with Crippen LogP contribution in [-0.4, -0.2) is 42.0 Å². The molecule has 2 N–H and O–H groups in total. The SMILES string of the molecule is CC(=O)Cn1nc(C(=O)Nc2ccc(Oc3ccc4nc(NC(=O)C5CC5)cn4n3)cc2)cc1C. The minimum Gasteiger partial charge on any atom is -0.438 e. The Balaban J connectivity index is 1.22. The molecule has 35 heavy (non-hydrogen) atoms. The van der Waals surface area contributed by atoms with Crippen molar-refractivity contribution in [1.29, 1.82) is 0 Å². The number of benzene rings is 1. The summed E-state index contributed by atoms with van der Waals surface area (Å²) in [6.45, 7) is 3.39. The normalized spacial score (nSPS) is 13.0. The molecule has 1 aliphatic rings. The van der Waals surface area contributed by atoms with Crippen LogP contribution in [0.3, 0.4) is 0 Å². The highest BCUT2D eigenvalue weighted by Gasteiger charge is 2.30. The molecule has 0 saturated heterocycles. The molecule has 1 aromatic carbocycles. The number of ketones is 1. The summed E-state index contributed by atoms with van der Waals surface area (Å²) < 4.78 is 8.86. The average Bonchev–Trinajstić information content (AvgIpc) is 3.51. The molecule has 4 aromatic rings. The first kappa shape index (κ1) is 22.3. The van der Waals surface area contributed by atoms with Gasteiger partial charge in [0.2, 0.25) is 11.8 Å². The number of carbonyl (C=O) groups excluding carboxylic acids is 3. The third-order valence-corrected chi connectivity index (χ3v) is 5.42. The van der Waals surface area contributed by atoms with Crippen LogP contribution >= 0.6 is 0 Å². The van der Waals surface area contributed by atoms with E-state index in [2.05, 4.69) is 25.8 Å². The molecule has 0 bridgehead atoms. The van der Waals surface area contributed by atoms with E-state index in [1.165, 1.54) is 11.6 Å². The van der Waals surface area contributed by atoms with E-state index in [-0.39, 0.29) is 35.8 Å². The van der Waals surface area contributed by atoms with E-state index in [4.69, 9.17) is 4.74 Å². The van der Waals surface area contributed by atoms with Gasteiger partial charge in [-0.2, -0.15) is 5.10 Å². The van der Waals surface area contributed by atoms with E-state index >= 15 is 0 Å². The monoisotopic (exact) mass is 473 g/mol. The fraction of sp³-hybridized carbons (Fsp3) is 0.250. The van der Waals surface area contributed by atoms with Gasteiger partial charge in [-0.05, 0) is 63.1 Å². The summed E-state index contributed by atoms with van der Waals surface area (Å²) in [5.41, 5.74) is 2.11. The van der Waals surface area contributed by atoms with E-state index in [0.717, 1.165) is 18.5 Å². The summed E-state index contributed by atoms with van der Waals surface area (Å²) in [6, 6.07) is 11.9. The molecule has 1 saturated carbocycles. The number of fused-ring (bicyclic) bond motifs is 1. The Hall–Kier alpha value is -4.54. The van der Waals surface area contributed by atoms with Crippen LogP contribution in [0.25, 0.3) is 5.65 Å². The molecule has 11 heteroatoms. The molecule has 11 nitrogen and oxygen atoms in total. The van der Waals surface area contributed by atoms with Crippen molar-refractivity contribution in [2.24, 2.45) is 5.92 Å². The zero-order valence-corrected chi connectivity index (χ0v) is 19.2. The van der Waals surface area contributed by atoms with Gasteiger partial charge < -0.3 is 15.4 Å². The first-order valence-corrected chi connectivity index (χ1v) is 11.1. The van der Waals surface area contributed by atoms with Crippen molar-refractivity contribution in [3.8, 4) is 11.6 Å². The lowest BCUT2D eigenvalue weighted by Gasteiger charge is -2.07. The smallest absolute Gasteiger partial charge is 0.276 e. The largest absolute Gasteiger partial charge is 0.438 e. The van der Waals surface area contributed by atoms with Crippen LogP contribution in [-0.2, 0) is 16.1 Å². The summed E-state index contributed by atoms with van der Waals surface area (Å²) in [6.07, 6.45) is 3.48. The van der Waals surface area contributed by atoms with Crippen LogP contribution in [0.4, 0.5) is 11.5 Å². The third-order valence-electron chi connectivity index (χ3n) is 5.42. The van der Waals surface area contributed by atoms with Crippen molar-refractivity contribution in [2.75, 3.05) is 10.6 Å². The zero-order valence-electron chi connectivity index (χ0n) is 19.2. The second-order valence-corrected chi connectivity index (χ2v) is 8.48. The molecule has 1 aliphatic carbocycles. The summed E-state index contributed by atoms with van der Waals surface area (Å²) in [4.78, 5) is 40.1. The van der Waals surface area contributed by atoms with E-state index in [1.54, 1.807) is 60.1 Å². The molecule has 0 aliphatic heterocycles. The Kier molecular flexibility index (Phi) is 5.73. The number of ether oxygens (including phenoxy) is 1. The lowest BCUT2D eigenvalue weighted by atomic mass is 10.3. The van der Waals surface area contributed by atoms with Gasteiger partial charge in [-0.3, -0.25) is 19.1 Å². The molecule has 0 spiro atoms. The Morgan fingerprint density at radius 3 is 2.54 bits per heavy atom. The maximum atomic E-state index is 12.5. The van der Waals surface area contributed by atoms with E-state index in [1.807, 2.05) is 0 Å². The third kappa shape index (κ3) is 5.18. The molecule has 5 rings (SSSR count). The molecule has 3 heterocycles. The van der Waals surface area contributed by atoms with Crippen LogP contribution in [0.15, 0.2) is 48.7 Å². The second kappa shape index (κ2) is 9.01. The molecular weight excluding hydrogens is 450 g/mol. The summed E-state index contributed by atoms with van der Waals surface area (Å²) in [5, 5.41) is 14.2. The van der Waals surface area contributed by atoms with Gasteiger partial charge in [0.15, 0.2) is 22.9 Å². The fourth-order valence-corrected chi connectivity index (χ4v) is 3.47. The van der Waals surface area contributed by atoms with Gasteiger partial charge in [0.1, 0.15) is 5.75 Å². The minimum atomic E-state index is -0.374. The number of carbonyl (C=O) groups is 3. The van der Waals surface area contributed by atoms with E-state index in [9.17, 15) is 14.4 Å². The van der Waals surface area contributed by atoms with Crippen LogP contribution in [0.5, 0.6) is 11.6 Å². The Labute approximate surface area is 200 Å². The van der Waals surface area contributed by atoms with Gasteiger partial charge in [-0.1, -0.05) is 0 Å². The van der Waals surface area contributed by atoms with Crippen molar-refractivity contribution >= 4 is 34.8 Å². The molecule has 0 radical (unpaired) electrons. The van der Waals surface area contributed by atoms with Crippen LogP contribution in [0.2, 0.25) is 0 Å². The number of nitrogens with zero attached hydrogens (tertiary/aromatic N) is 5. The number of aryl methyl sites for hydroxylation is 1. The van der Waals surface area contributed by atoms with Crippen molar-refractivity contribution in [1.82, 2.24) is 24.4 Å². The number of hydrogen-bond acceptors (Lipinski definition) is 7. The number of rotatable bonds is 8. The van der Waals surface area contributed by atoms with Crippen LogP contribution < -0.4 is 15.4 Å².